The third-order valence-electron chi connectivity index (χ3n) is 3.96. The van der Waals surface area contributed by atoms with Gasteiger partial charge >= 0.3 is 0 Å². The van der Waals surface area contributed by atoms with E-state index in [0.29, 0.717) is 27.7 Å². The number of aromatic hydroxyl groups is 1. The molecule has 3 rings (SSSR count). The normalized spacial score (nSPS) is 10.9. The van der Waals surface area contributed by atoms with E-state index < -0.39 is 5.91 Å². The maximum Gasteiger partial charge on any atom is 0.262 e. The Kier molecular flexibility index (Phi) is 4.15. The van der Waals surface area contributed by atoms with Crippen molar-refractivity contribution in [3.8, 4) is 5.75 Å². The molecule has 0 saturated carbocycles. The van der Waals surface area contributed by atoms with Crippen LogP contribution in [0.2, 0.25) is 0 Å². The van der Waals surface area contributed by atoms with Crippen LogP contribution in [0.25, 0.3) is 10.9 Å². The van der Waals surface area contributed by atoms with Gasteiger partial charge in [0.05, 0.1) is 11.9 Å². The van der Waals surface area contributed by atoms with Gasteiger partial charge in [-0.15, -0.1) is 0 Å². The van der Waals surface area contributed by atoms with Crippen molar-refractivity contribution in [1.29, 1.82) is 0 Å². The van der Waals surface area contributed by atoms with Crippen LogP contribution in [0.4, 0.5) is 0 Å². The lowest BCUT2D eigenvalue weighted by Gasteiger charge is -2.07. The van der Waals surface area contributed by atoms with Gasteiger partial charge in [0, 0.05) is 21.1 Å². The number of benzene rings is 2. The van der Waals surface area contributed by atoms with Gasteiger partial charge in [0.2, 0.25) is 5.91 Å². The average molecular weight is 387 g/mol. The van der Waals surface area contributed by atoms with E-state index in [1.54, 1.807) is 47.9 Å². The smallest absolute Gasteiger partial charge is 0.262 e. The molecule has 0 aliphatic rings. The molecule has 1 amide bonds. The zero-order chi connectivity index (χ0) is 17.4. The summed E-state index contributed by atoms with van der Waals surface area (Å²) < 4.78 is 2.43. The molecule has 0 fully saturated rings. The maximum absolute atomic E-state index is 12.9. The van der Waals surface area contributed by atoms with Crippen molar-refractivity contribution in [3.05, 3.63) is 63.8 Å². The molecule has 1 aromatic heterocycles. The van der Waals surface area contributed by atoms with Crippen LogP contribution in [-0.4, -0.2) is 21.5 Å². The van der Waals surface area contributed by atoms with Crippen molar-refractivity contribution in [2.75, 3.05) is 0 Å². The van der Waals surface area contributed by atoms with Crippen molar-refractivity contribution in [2.24, 2.45) is 5.73 Å². The number of rotatable bonds is 3. The number of primary amides is 1. The number of aromatic nitrogens is 1. The molecule has 0 spiro atoms. The molecule has 0 atom stereocenters. The molecule has 5 nitrogen and oxygen atoms in total. The highest BCUT2D eigenvalue weighted by atomic mass is 79.9. The quantitative estimate of drug-likeness (QED) is 0.724. The number of carbonyl (C=O) groups is 2. The molecule has 3 aromatic rings. The Labute approximate surface area is 146 Å². The molecule has 0 saturated heterocycles. The number of halogens is 1. The SMILES string of the molecule is Cc1c(CC(N)=O)c2cc(O)ccc2n1C(=O)c1ccc(Br)cc1. The lowest BCUT2D eigenvalue weighted by molar-refractivity contribution is -0.117. The minimum Gasteiger partial charge on any atom is -0.508 e. The van der Waals surface area contributed by atoms with Crippen molar-refractivity contribution >= 4 is 38.6 Å². The van der Waals surface area contributed by atoms with E-state index >= 15 is 0 Å². The third-order valence-corrected chi connectivity index (χ3v) is 4.49. The first kappa shape index (κ1) is 16.3. The summed E-state index contributed by atoms with van der Waals surface area (Å²) in [6.07, 6.45) is 0.00635. The lowest BCUT2D eigenvalue weighted by atomic mass is 10.1. The predicted molar refractivity (Wildman–Crippen MR) is 95.1 cm³/mol. The Bertz CT molecular complexity index is 959. The van der Waals surface area contributed by atoms with Crippen molar-refractivity contribution in [2.45, 2.75) is 13.3 Å². The Morgan fingerprint density at radius 2 is 1.83 bits per heavy atom. The monoisotopic (exact) mass is 386 g/mol. The maximum atomic E-state index is 12.9. The van der Waals surface area contributed by atoms with Crippen LogP contribution < -0.4 is 5.73 Å². The third kappa shape index (κ3) is 2.80. The minimum atomic E-state index is -0.489. The number of phenolic OH excluding ortho intramolecular Hbond substituents is 1. The molecule has 1 heterocycles. The van der Waals surface area contributed by atoms with Gasteiger partial charge in [0.1, 0.15) is 5.75 Å². The van der Waals surface area contributed by atoms with Gasteiger partial charge in [0.15, 0.2) is 0 Å². The highest BCUT2D eigenvalue weighted by molar-refractivity contribution is 9.10. The van der Waals surface area contributed by atoms with Crippen LogP contribution >= 0.6 is 15.9 Å². The molecule has 0 radical (unpaired) electrons. The standard InChI is InChI=1S/C18H15BrN2O3/c1-10-14(9-17(20)23)15-8-13(22)6-7-16(15)21(10)18(24)11-2-4-12(19)5-3-11/h2-8,22H,9H2,1H3,(H2,20,23). The average Bonchev–Trinajstić information content (AvgIpc) is 2.79. The molecule has 0 bridgehead atoms. The number of phenols is 1. The van der Waals surface area contributed by atoms with Crippen LogP contribution in [0.3, 0.4) is 0 Å². The van der Waals surface area contributed by atoms with Gasteiger partial charge in [0.25, 0.3) is 5.91 Å². The second-order valence-corrected chi connectivity index (χ2v) is 6.47. The van der Waals surface area contributed by atoms with Gasteiger partial charge in [-0.05, 0) is 55.0 Å². The fourth-order valence-corrected chi connectivity index (χ4v) is 3.12. The van der Waals surface area contributed by atoms with E-state index in [4.69, 9.17) is 5.73 Å². The molecule has 122 valence electrons. The van der Waals surface area contributed by atoms with E-state index in [0.717, 1.165) is 4.47 Å². The number of nitrogens with two attached hydrogens (primary N) is 1. The summed E-state index contributed by atoms with van der Waals surface area (Å²) in [6.45, 7) is 1.77. The summed E-state index contributed by atoms with van der Waals surface area (Å²) in [5.41, 5.74) is 7.79. The zero-order valence-corrected chi connectivity index (χ0v) is 14.5. The summed E-state index contributed by atoms with van der Waals surface area (Å²) in [6, 6.07) is 11.8. The minimum absolute atomic E-state index is 0.00635. The predicted octanol–water partition coefficient (Wildman–Crippen LogP) is 3.13. The molecule has 2 aromatic carbocycles. The molecular formula is C18H15BrN2O3. The van der Waals surface area contributed by atoms with Crippen molar-refractivity contribution in [3.63, 3.8) is 0 Å². The van der Waals surface area contributed by atoms with Gasteiger partial charge in [-0.1, -0.05) is 15.9 Å². The van der Waals surface area contributed by atoms with Crippen LogP contribution in [-0.2, 0) is 11.2 Å². The number of fused-ring (bicyclic) bond motifs is 1. The van der Waals surface area contributed by atoms with Gasteiger partial charge in [-0.25, -0.2) is 0 Å². The Hall–Kier alpha value is -2.60. The second kappa shape index (κ2) is 6.13. The summed E-state index contributed by atoms with van der Waals surface area (Å²) in [5.74, 6) is -0.621. The Morgan fingerprint density at radius 1 is 1.17 bits per heavy atom. The van der Waals surface area contributed by atoms with Gasteiger partial charge < -0.3 is 10.8 Å². The van der Waals surface area contributed by atoms with E-state index in [-0.39, 0.29) is 18.1 Å². The molecule has 6 heteroatoms. The molecule has 0 unspecified atom stereocenters. The fraction of sp³-hybridized carbons (Fsp3) is 0.111. The summed E-state index contributed by atoms with van der Waals surface area (Å²) in [7, 11) is 0. The number of hydrogen-bond donors (Lipinski definition) is 2. The van der Waals surface area contributed by atoms with Gasteiger partial charge in [-0.3, -0.25) is 14.2 Å². The Morgan fingerprint density at radius 3 is 2.46 bits per heavy atom. The Balaban J connectivity index is 2.24. The van der Waals surface area contributed by atoms with Crippen LogP contribution in [0.15, 0.2) is 46.9 Å². The zero-order valence-electron chi connectivity index (χ0n) is 12.9. The van der Waals surface area contributed by atoms with Crippen LogP contribution in [0, 0.1) is 6.92 Å². The molecule has 24 heavy (non-hydrogen) atoms. The van der Waals surface area contributed by atoms with E-state index in [1.807, 2.05) is 0 Å². The molecule has 3 N–H and O–H groups in total. The summed E-state index contributed by atoms with van der Waals surface area (Å²) >= 11 is 3.35. The lowest BCUT2D eigenvalue weighted by Crippen LogP contribution is -2.16. The molecule has 0 aliphatic heterocycles. The van der Waals surface area contributed by atoms with Crippen molar-refractivity contribution < 1.29 is 14.7 Å². The largest absolute Gasteiger partial charge is 0.508 e. The molecular weight excluding hydrogens is 372 g/mol. The van der Waals surface area contributed by atoms with Crippen molar-refractivity contribution in [1.82, 2.24) is 4.57 Å². The second-order valence-electron chi connectivity index (χ2n) is 5.56. The van der Waals surface area contributed by atoms with Crippen LogP contribution in [0.5, 0.6) is 5.75 Å². The number of carbonyl (C=O) groups excluding carboxylic acids is 2. The van der Waals surface area contributed by atoms with E-state index in [2.05, 4.69) is 15.9 Å². The number of hydrogen-bond acceptors (Lipinski definition) is 3. The van der Waals surface area contributed by atoms with Crippen LogP contribution in [0.1, 0.15) is 21.6 Å². The number of amides is 1. The first-order chi connectivity index (χ1) is 11.4. The molecule has 0 aliphatic carbocycles. The van der Waals surface area contributed by atoms with Gasteiger partial charge in [-0.2, -0.15) is 0 Å². The van der Waals surface area contributed by atoms with E-state index in [9.17, 15) is 14.7 Å². The highest BCUT2D eigenvalue weighted by Gasteiger charge is 2.21. The highest BCUT2D eigenvalue weighted by Crippen LogP contribution is 2.30. The summed E-state index contributed by atoms with van der Waals surface area (Å²) in [4.78, 5) is 24.3. The fourth-order valence-electron chi connectivity index (χ4n) is 2.85. The summed E-state index contributed by atoms with van der Waals surface area (Å²) in [5, 5.41) is 10.4. The number of nitrogens with zero attached hydrogens (tertiary/aromatic N) is 1. The first-order valence-electron chi connectivity index (χ1n) is 7.30. The topological polar surface area (TPSA) is 85.3 Å². The van der Waals surface area contributed by atoms with E-state index in [1.165, 1.54) is 6.07 Å². The first-order valence-corrected chi connectivity index (χ1v) is 8.09.